The van der Waals surface area contributed by atoms with Crippen molar-refractivity contribution in [2.75, 3.05) is 6.54 Å². The van der Waals surface area contributed by atoms with E-state index in [0.717, 1.165) is 6.54 Å². The maximum atomic E-state index is 3.81. The topological polar surface area (TPSA) is 12.0 Å². The first-order valence-corrected chi connectivity index (χ1v) is 4.95. The number of nitrogens with one attached hydrogen (secondary N) is 1. The molecule has 2 unspecified atom stereocenters. The molecule has 0 rings (SSSR count). The van der Waals surface area contributed by atoms with Gasteiger partial charge >= 0.3 is 0 Å². The smallest absolute Gasteiger partial charge is 0.0156 e. The van der Waals surface area contributed by atoms with Gasteiger partial charge in [-0.3, -0.25) is 0 Å². The third-order valence-corrected chi connectivity index (χ3v) is 2.56. The Morgan fingerprint density at radius 1 is 1.50 bits per heavy atom. The molecule has 2 atom stereocenters. The second kappa shape index (κ2) is 5.36. The first kappa shape index (κ1) is 11.7. The van der Waals surface area contributed by atoms with Crippen molar-refractivity contribution in [2.45, 2.75) is 46.1 Å². The van der Waals surface area contributed by atoms with Gasteiger partial charge in [-0.05, 0) is 32.2 Å². The highest BCUT2D eigenvalue weighted by molar-refractivity contribution is 4.88. The first-order chi connectivity index (χ1) is 5.58. The fourth-order valence-electron chi connectivity index (χ4n) is 1.56. The summed E-state index contributed by atoms with van der Waals surface area (Å²) in [6.45, 7) is 13.8. The van der Waals surface area contributed by atoms with E-state index in [2.05, 4.69) is 39.6 Å². The van der Waals surface area contributed by atoms with Gasteiger partial charge in [0, 0.05) is 5.54 Å². The van der Waals surface area contributed by atoms with Crippen LogP contribution < -0.4 is 5.32 Å². The van der Waals surface area contributed by atoms with E-state index in [-0.39, 0.29) is 0 Å². The Hall–Kier alpha value is -0.300. The lowest BCUT2D eigenvalue weighted by atomic mass is 9.87. The monoisotopic (exact) mass is 169 g/mol. The summed E-state index contributed by atoms with van der Waals surface area (Å²) in [7, 11) is 0. The van der Waals surface area contributed by atoms with Gasteiger partial charge in [0.15, 0.2) is 0 Å². The Balaban J connectivity index is 4.02. The molecule has 0 aliphatic heterocycles. The Labute approximate surface area is 77.2 Å². The van der Waals surface area contributed by atoms with Crippen LogP contribution in [0.25, 0.3) is 0 Å². The maximum Gasteiger partial charge on any atom is 0.0156 e. The van der Waals surface area contributed by atoms with Gasteiger partial charge in [-0.2, -0.15) is 0 Å². The Morgan fingerprint density at radius 2 is 2.08 bits per heavy atom. The van der Waals surface area contributed by atoms with Crippen LogP contribution in [0, 0.1) is 5.92 Å². The van der Waals surface area contributed by atoms with E-state index in [1.54, 1.807) is 0 Å². The van der Waals surface area contributed by atoms with Crippen molar-refractivity contribution in [1.82, 2.24) is 5.32 Å². The minimum absolute atomic E-state index is 0.294. The van der Waals surface area contributed by atoms with Crippen molar-refractivity contribution < 1.29 is 0 Å². The van der Waals surface area contributed by atoms with Gasteiger partial charge in [-0.1, -0.05) is 26.8 Å². The van der Waals surface area contributed by atoms with Crippen LogP contribution in [0.4, 0.5) is 0 Å². The molecule has 12 heavy (non-hydrogen) atoms. The summed E-state index contributed by atoms with van der Waals surface area (Å²) in [4.78, 5) is 0. The van der Waals surface area contributed by atoms with Crippen LogP contribution in [0.15, 0.2) is 12.7 Å². The molecule has 0 aromatic heterocycles. The average Bonchev–Trinajstić information content (AvgIpc) is 2.05. The van der Waals surface area contributed by atoms with E-state index in [1.807, 2.05) is 6.08 Å². The van der Waals surface area contributed by atoms with Gasteiger partial charge in [0.2, 0.25) is 0 Å². The normalized spacial score (nSPS) is 18.3. The summed E-state index contributed by atoms with van der Waals surface area (Å²) in [5, 5.41) is 3.53. The number of allylic oxidation sites excluding steroid dienone is 1. The van der Waals surface area contributed by atoms with Gasteiger partial charge in [0.05, 0.1) is 0 Å². The van der Waals surface area contributed by atoms with Crippen LogP contribution in [0.2, 0.25) is 0 Å². The Bertz CT molecular complexity index is 131. The second-order valence-corrected chi connectivity index (χ2v) is 3.86. The molecule has 0 bridgehead atoms. The molecule has 1 nitrogen and oxygen atoms in total. The summed E-state index contributed by atoms with van der Waals surface area (Å²) in [5.74, 6) is 0.606. The quantitative estimate of drug-likeness (QED) is 0.603. The predicted molar refractivity (Wildman–Crippen MR) is 56.4 cm³/mol. The van der Waals surface area contributed by atoms with Crippen molar-refractivity contribution in [2.24, 2.45) is 5.92 Å². The summed E-state index contributed by atoms with van der Waals surface area (Å²) >= 11 is 0. The lowest BCUT2D eigenvalue weighted by Crippen LogP contribution is -2.42. The van der Waals surface area contributed by atoms with Gasteiger partial charge < -0.3 is 5.32 Å². The molecule has 0 aliphatic carbocycles. The van der Waals surface area contributed by atoms with Crippen LogP contribution in [0.3, 0.4) is 0 Å². The maximum absolute atomic E-state index is 3.81. The molecular formula is C11H23N. The standard InChI is InChI=1S/C11H23N/c1-6-10(4)9-11(5,7-2)12-8-3/h6,10,12H,1,7-9H2,2-5H3. The minimum atomic E-state index is 0.294. The molecule has 0 radical (unpaired) electrons. The van der Waals surface area contributed by atoms with E-state index < -0.39 is 0 Å². The molecule has 0 saturated carbocycles. The van der Waals surface area contributed by atoms with Crippen LogP contribution in [-0.2, 0) is 0 Å². The zero-order valence-electron chi connectivity index (χ0n) is 8.98. The van der Waals surface area contributed by atoms with E-state index in [1.165, 1.54) is 12.8 Å². The Morgan fingerprint density at radius 3 is 2.42 bits per heavy atom. The fraction of sp³-hybridized carbons (Fsp3) is 0.818. The summed E-state index contributed by atoms with van der Waals surface area (Å²) in [5.41, 5.74) is 0.294. The van der Waals surface area contributed by atoms with E-state index in [9.17, 15) is 0 Å². The summed E-state index contributed by atoms with van der Waals surface area (Å²) in [6, 6.07) is 0. The van der Waals surface area contributed by atoms with Gasteiger partial charge in [0.1, 0.15) is 0 Å². The van der Waals surface area contributed by atoms with Gasteiger partial charge in [-0.15, -0.1) is 6.58 Å². The Kier molecular flexibility index (Phi) is 5.23. The molecule has 0 heterocycles. The van der Waals surface area contributed by atoms with E-state index >= 15 is 0 Å². The third-order valence-electron chi connectivity index (χ3n) is 2.56. The number of hydrogen-bond donors (Lipinski definition) is 1. The summed E-state index contributed by atoms with van der Waals surface area (Å²) < 4.78 is 0. The van der Waals surface area contributed by atoms with Crippen LogP contribution in [0.5, 0.6) is 0 Å². The SMILES string of the molecule is C=CC(C)CC(C)(CC)NCC. The molecule has 0 saturated heterocycles. The number of rotatable bonds is 6. The number of hydrogen-bond acceptors (Lipinski definition) is 1. The zero-order valence-corrected chi connectivity index (χ0v) is 8.98. The lowest BCUT2D eigenvalue weighted by molar-refractivity contribution is 0.299. The van der Waals surface area contributed by atoms with Crippen molar-refractivity contribution in [1.29, 1.82) is 0 Å². The van der Waals surface area contributed by atoms with Crippen molar-refractivity contribution in [3.05, 3.63) is 12.7 Å². The highest BCUT2D eigenvalue weighted by Crippen LogP contribution is 2.20. The first-order valence-electron chi connectivity index (χ1n) is 4.95. The van der Waals surface area contributed by atoms with Crippen molar-refractivity contribution in [3.8, 4) is 0 Å². The molecule has 0 aromatic rings. The van der Waals surface area contributed by atoms with E-state index in [0.29, 0.717) is 11.5 Å². The van der Waals surface area contributed by atoms with Crippen molar-refractivity contribution >= 4 is 0 Å². The zero-order chi connectivity index (χ0) is 9.61. The molecule has 0 fully saturated rings. The molecule has 0 spiro atoms. The molecular weight excluding hydrogens is 146 g/mol. The van der Waals surface area contributed by atoms with Crippen LogP contribution >= 0.6 is 0 Å². The van der Waals surface area contributed by atoms with Crippen LogP contribution in [-0.4, -0.2) is 12.1 Å². The van der Waals surface area contributed by atoms with Gasteiger partial charge in [-0.25, -0.2) is 0 Å². The molecule has 1 heteroatoms. The highest BCUT2D eigenvalue weighted by Gasteiger charge is 2.21. The van der Waals surface area contributed by atoms with E-state index in [4.69, 9.17) is 0 Å². The molecule has 0 amide bonds. The van der Waals surface area contributed by atoms with Gasteiger partial charge in [0.25, 0.3) is 0 Å². The average molecular weight is 169 g/mol. The molecule has 1 N–H and O–H groups in total. The third kappa shape index (κ3) is 3.91. The highest BCUT2D eigenvalue weighted by atomic mass is 14.9. The second-order valence-electron chi connectivity index (χ2n) is 3.86. The molecule has 72 valence electrons. The molecule has 0 aliphatic rings. The largest absolute Gasteiger partial charge is 0.312 e. The van der Waals surface area contributed by atoms with Crippen molar-refractivity contribution in [3.63, 3.8) is 0 Å². The lowest BCUT2D eigenvalue weighted by Gasteiger charge is -2.31. The van der Waals surface area contributed by atoms with Crippen LogP contribution in [0.1, 0.15) is 40.5 Å². The minimum Gasteiger partial charge on any atom is -0.312 e. The fourth-order valence-corrected chi connectivity index (χ4v) is 1.56. The summed E-state index contributed by atoms with van der Waals surface area (Å²) in [6.07, 6.45) is 4.39. The predicted octanol–water partition coefficient (Wildman–Crippen LogP) is 2.98. The molecule has 0 aromatic carbocycles.